The zero-order valence-corrected chi connectivity index (χ0v) is 17.9. The number of ether oxygens (including phenoxy) is 2. The van der Waals surface area contributed by atoms with E-state index in [0.717, 1.165) is 18.4 Å². The molecule has 1 amide bonds. The monoisotopic (exact) mass is 475 g/mol. The van der Waals surface area contributed by atoms with Crippen molar-refractivity contribution in [3.8, 4) is 11.5 Å². The summed E-state index contributed by atoms with van der Waals surface area (Å²) in [4.78, 5) is 12.8. The molecule has 1 N–H and O–H groups in total. The van der Waals surface area contributed by atoms with Gasteiger partial charge in [-0.3, -0.25) is 4.79 Å². The van der Waals surface area contributed by atoms with Crippen LogP contribution in [0.3, 0.4) is 0 Å². The van der Waals surface area contributed by atoms with Crippen LogP contribution in [-0.4, -0.2) is 26.2 Å². The van der Waals surface area contributed by atoms with Crippen molar-refractivity contribution in [3.63, 3.8) is 0 Å². The molecule has 0 aromatic heterocycles. The number of alkyl halides is 6. The fourth-order valence-corrected chi connectivity index (χ4v) is 4.12. The molecule has 1 saturated carbocycles. The van der Waals surface area contributed by atoms with Gasteiger partial charge in [0.2, 0.25) is 0 Å². The van der Waals surface area contributed by atoms with Crippen molar-refractivity contribution in [2.45, 2.75) is 50.0 Å². The van der Waals surface area contributed by atoms with E-state index in [2.05, 4.69) is 5.32 Å². The van der Waals surface area contributed by atoms with Crippen molar-refractivity contribution in [3.05, 3.63) is 58.7 Å². The Morgan fingerprint density at radius 3 is 1.97 bits per heavy atom. The van der Waals surface area contributed by atoms with E-state index in [1.165, 1.54) is 14.2 Å². The Labute approximate surface area is 186 Å². The minimum atomic E-state index is -5.02. The van der Waals surface area contributed by atoms with Crippen LogP contribution in [0.4, 0.5) is 26.3 Å². The van der Waals surface area contributed by atoms with Crippen molar-refractivity contribution >= 4 is 5.91 Å². The lowest BCUT2D eigenvalue weighted by molar-refractivity contribution is -0.143. The standard InChI is InChI=1S/C23H23F6NO3/c1-32-19-8-7-13(11-20(19)33-2)17-5-3-4-6-18(17)30-21(31)14-9-15(22(24,25)26)12-16(10-14)23(27,28)29/h7-12,17-18H,3-6H2,1-2H3,(H,30,31). The lowest BCUT2D eigenvalue weighted by atomic mass is 9.79. The Kier molecular flexibility index (Phi) is 7.14. The van der Waals surface area contributed by atoms with Gasteiger partial charge in [-0.15, -0.1) is 0 Å². The number of benzene rings is 2. The number of halogens is 6. The largest absolute Gasteiger partial charge is 0.493 e. The molecule has 0 heterocycles. The van der Waals surface area contributed by atoms with Crippen LogP contribution >= 0.6 is 0 Å². The number of carbonyl (C=O) groups is 1. The number of nitrogens with one attached hydrogen (secondary N) is 1. The molecular weight excluding hydrogens is 452 g/mol. The first-order valence-corrected chi connectivity index (χ1v) is 10.3. The molecule has 33 heavy (non-hydrogen) atoms. The summed E-state index contributed by atoms with van der Waals surface area (Å²) in [6.07, 6.45) is -7.18. The van der Waals surface area contributed by atoms with E-state index in [1.54, 1.807) is 12.1 Å². The van der Waals surface area contributed by atoms with Crippen molar-refractivity contribution < 1.29 is 40.6 Å². The van der Waals surface area contributed by atoms with Crippen molar-refractivity contribution in [1.82, 2.24) is 5.32 Å². The van der Waals surface area contributed by atoms with Crippen LogP contribution < -0.4 is 14.8 Å². The molecule has 1 fully saturated rings. The lowest BCUT2D eigenvalue weighted by Gasteiger charge is -2.33. The summed E-state index contributed by atoms with van der Waals surface area (Å²) in [6.45, 7) is 0. The maximum Gasteiger partial charge on any atom is 0.416 e. The summed E-state index contributed by atoms with van der Waals surface area (Å²) in [5.41, 5.74) is -2.91. The van der Waals surface area contributed by atoms with E-state index in [0.29, 0.717) is 36.5 Å². The number of hydrogen-bond acceptors (Lipinski definition) is 3. The van der Waals surface area contributed by atoms with Gasteiger partial charge in [-0.25, -0.2) is 0 Å². The van der Waals surface area contributed by atoms with Crippen LogP contribution in [0.25, 0.3) is 0 Å². The topological polar surface area (TPSA) is 47.6 Å². The zero-order chi connectivity index (χ0) is 24.4. The van der Waals surface area contributed by atoms with Gasteiger partial charge in [0.25, 0.3) is 5.91 Å². The maximum absolute atomic E-state index is 13.2. The molecule has 2 atom stereocenters. The Bertz CT molecular complexity index is 970. The fourth-order valence-electron chi connectivity index (χ4n) is 4.12. The molecule has 0 aliphatic heterocycles. The smallest absolute Gasteiger partial charge is 0.416 e. The number of amides is 1. The molecule has 1 aliphatic carbocycles. The molecule has 2 unspecified atom stereocenters. The Hall–Kier alpha value is -2.91. The third-order valence-electron chi connectivity index (χ3n) is 5.77. The van der Waals surface area contributed by atoms with Crippen molar-refractivity contribution in [2.24, 2.45) is 0 Å². The minimum absolute atomic E-state index is 0.00379. The van der Waals surface area contributed by atoms with E-state index >= 15 is 0 Å². The van der Waals surface area contributed by atoms with Gasteiger partial charge < -0.3 is 14.8 Å². The van der Waals surface area contributed by atoms with Crippen LogP contribution in [-0.2, 0) is 12.4 Å². The summed E-state index contributed by atoms with van der Waals surface area (Å²) in [5.74, 6) is -0.168. The first-order chi connectivity index (χ1) is 15.4. The summed E-state index contributed by atoms with van der Waals surface area (Å²) in [7, 11) is 2.97. The van der Waals surface area contributed by atoms with Crippen LogP contribution in [0.2, 0.25) is 0 Å². The predicted molar refractivity (Wildman–Crippen MR) is 108 cm³/mol. The van der Waals surface area contributed by atoms with Gasteiger partial charge >= 0.3 is 12.4 Å². The molecular formula is C23H23F6NO3. The fraction of sp³-hybridized carbons (Fsp3) is 0.435. The number of hydrogen-bond donors (Lipinski definition) is 1. The molecule has 1 aliphatic rings. The Morgan fingerprint density at radius 2 is 1.42 bits per heavy atom. The van der Waals surface area contributed by atoms with E-state index in [1.807, 2.05) is 6.07 Å². The Morgan fingerprint density at radius 1 is 0.848 bits per heavy atom. The SMILES string of the molecule is COc1ccc(C2CCCCC2NC(=O)c2cc(C(F)(F)F)cc(C(F)(F)F)c2)cc1OC. The summed E-state index contributed by atoms with van der Waals surface area (Å²) < 4.78 is 89.5. The predicted octanol–water partition coefficient (Wildman–Crippen LogP) is 6.20. The second-order valence-corrected chi connectivity index (χ2v) is 7.88. The normalized spacial score (nSPS) is 19.2. The van der Waals surface area contributed by atoms with Crippen LogP contribution in [0.5, 0.6) is 11.5 Å². The number of carbonyl (C=O) groups excluding carboxylic acids is 1. The highest BCUT2D eigenvalue weighted by molar-refractivity contribution is 5.95. The van der Waals surface area contributed by atoms with Gasteiger partial charge in [-0.2, -0.15) is 26.3 Å². The van der Waals surface area contributed by atoms with Gasteiger partial charge in [0.05, 0.1) is 25.3 Å². The zero-order valence-electron chi connectivity index (χ0n) is 17.9. The van der Waals surface area contributed by atoms with Gasteiger partial charge in [-0.1, -0.05) is 18.9 Å². The molecule has 0 bridgehead atoms. The Balaban J connectivity index is 1.91. The second kappa shape index (κ2) is 9.52. The third kappa shape index (κ3) is 5.72. The first kappa shape index (κ1) is 24.7. The van der Waals surface area contributed by atoms with Crippen LogP contribution in [0.1, 0.15) is 58.6 Å². The van der Waals surface area contributed by atoms with E-state index in [4.69, 9.17) is 9.47 Å². The molecule has 0 saturated heterocycles. The summed E-state index contributed by atoms with van der Waals surface area (Å²) in [5, 5.41) is 2.66. The summed E-state index contributed by atoms with van der Waals surface area (Å²) in [6, 6.07) is 5.71. The molecule has 180 valence electrons. The molecule has 4 nitrogen and oxygen atoms in total. The van der Waals surface area contributed by atoms with E-state index < -0.39 is 41.0 Å². The van der Waals surface area contributed by atoms with Crippen molar-refractivity contribution in [2.75, 3.05) is 14.2 Å². The van der Waals surface area contributed by atoms with E-state index in [9.17, 15) is 31.1 Å². The van der Waals surface area contributed by atoms with E-state index in [-0.39, 0.29) is 12.0 Å². The van der Waals surface area contributed by atoms with Gasteiger partial charge in [-0.05, 0) is 48.7 Å². The highest BCUT2D eigenvalue weighted by Crippen LogP contribution is 2.39. The van der Waals surface area contributed by atoms with Crippen molar-refractivity contribution in [1.29, 1.82) is 0 Å². The van der Waals surface area contributed by atoms with Gasteiger partial charge in [0, 0.05) is 17.5 Å². The van der Waals surface area contributed by atoms with Crippen LogP contribution in [0, 0.1) is 0 Å². The lowest BCUT2D eigenvalue weighted by Crippen LogP contribution is -2.41. The summed E-state index contributed by atoms with van der Waals surface area (Å²) >= 11 is 0. The highest BCUT2D eigenvalue weighted by atomic mass is 19.4. The number of rotatable bonds is 5. The molecule has 0 spiro atoms. The number of methoxy groups -OCH3 is 2. The quantitative estimate of drug-likeness (QED) is 0.524. The average Bonchev–Trinajstić information content (AvgIpc) is 2.77. The first-order valence-electron chi connectivity index (χ1n) is 10.3. The minimum Gasteiger partial charge on any atom is -0.493 e. The third-order valence-corrected chi connectivity index (χ3v) is 5.77. The van der Waals surface area contributed by atoms with Crippen LogP contribution in [0.15, 0.2) is 36.4 Å². The van der Waals surface area contributed by atoms with Gasteiger partial charge in [0.15, 0.2) is 11.5 Å². The second-order valence-electron chi connectivity index (χ2n) is 7.88. The molecule has 0 radical (unpaired) electrons. The average molecular weight is 475 g/mol. The van der Waals surface area contributed by atoms with Gasteiger partial charge in [0.1, 0.15) is 0 Å². The molecule has 2 aromatic rings. The maximum atomic E-state index is 13.2. The molecule has 3 rings (SSSR count). The molecule has 2 aromatic carbocycles. The molecule has 10 heteroatoms. The highest BCUT2D eigenvalue weighted by Gasteiger charge is 2.38.